The van der Waals surface area contributed by atoms with Crippen molar-refractivity contribution in [2.75, 3.05) is 0 Å². The molecule has 0 aliphatic rings. The molecule has 5 heterocycles. The highest BCUT2D eigenvalue weighted by Gasteiger charge is 2.27. The first kappa shape index (κ1) is 24.1. The van der Waals surface area contributed by atoms with Crippen molar-refractivity contribution in [2.24, 2.45) is 0 Å². The van der Waals surface area contributed by atoms with Crippen LogP contribution in [0, 0.1) is 35.8 Å². The summed E-state index contributed by atoms with van der Waals surface area (Å²) in [6.45, 7) is 15.4. The molecule has 0 unspecified atom stereocenters. The molecule has 0 atom stereocenters. The molecular weight excluding hydrogens is 580 g/mol. The smallest absolute Gasteiger partial charge is 0.189 e. The van der Waals surface area contributed by atoms with Crippen molar-refractivity contribution in [3.05, 3.63) is 119 Å². The van der Waals surface area contributed by atoms with Gasteiger partial charge in [0.05, 0.1) is 63.9 Å². The van der Waals surface area contributed by atoms with Crippen LogP contribution in [0.25, 0.3) is 108 Å². The number of nitriles is 2. The highest BCUT2D eigenvalue weighted by Crippen LogP contribution is 2.50. The predicted molar refractivity (Wildman–Crippen MR) is 185 cm³/mol. The van der Waals surface area contributed by atoms with E-state index in [4.69, 9.17) is 17.6 Å². The summed E-state index contributed by atoms with van der Waals surface area (Å²) in [5, 5.41) is 29.6. The molecule has 0 N–H and O–H groups in total. The highest BCUT2D eigenvalue weighted by atomic mass is 16.3. The number of benzene rings is 6. The molecule has 0 aliphatic heterocycles. The average molecular weight is 595 g/mol. The maximum absolute atomic E-state index is 9.83. The molecule has 0 amide bonds. The van der Waals surface area contributed by atoms with Crippen LogP contribution in [-0.2, 0) is 0 Å². The van der Waals surface area contributed by atoms with Crippen molar-refractivity contribution in [1.82, 2.24) is 8.80 Å². The van der Waals surface area contributed by atoms with E-state index in [0.717, 1.165) is 98.1 Å². The third-order valence-corrected chi connectivity index (χ3v) is 10.0. The van der Waals surface area contributed by atoms with Gasteiger partial charge in [-0.15, -0.1) is 0 Å². The van der Waals surface area contributed by atoms with Crippen molar-refractivity contribution < 1.29 is 4.42 Å². The number of nitrogens with zero attached hydrogens (tertiary/aromatic N) is 6. The van der Waals surface area contributed by atoms with Crippen molar-refractivity contribution in [3.8, 4) is 12.1 Å². The summed E-state index contributed by atoms with van der Waals surface area (Å²) < 4.78 is 11.3. The van der Waals surface area contributed by atoms with Crippen LogP contribution in [0.5, 0.6) is 0 Å². The quantitative estimate of drug-likeness (QED) is 0.164. The molecule has 0 saturated carbocycles. The summed E-state index contributed by atoms with van der Waals surface area (Å²) in [5.74, 6) is 0. The lowest BCUT2D eigenvalue weighted by Crippen LogP contribution is -1.83. The molecule has 7 heteroatoms. The molecule has 7 nitrogen and oxygen atoms in total. The van der Waals surface area contributed by atoms with Crippen LogP contribution in [0.15, 0.2) is 89.3 Å². The number of hydrogen-bond donors (Lipinski definition) is 0. The first-order valence-corrected chi connectivity index (χ1v) is 14.9. The molecule has 11 aromatic rings. The van der Waals surface area contributed by atoms with Crippen molar-refractivity contribution >= 4 is 110 Å². The Balaban J connectivity index is 1.44. The maximum Gasteiger partial charge on any atom is 0.189 e. The second-order valence-corrected chi connectivity index (χ2v) is 12.1. The van der Waals surface area contributed by atoms with Crippen LogP contribution in [0.2, 0.25) is 0 Å². The number of hydrogen-bond acceptors (Lipinski definition) is 3. The zero-order valence-corrected chi connectivity index (χ0v) is 24.2. The fourth-order valence-corrected chi connectivity index (χ4v) is 8.18. The largest absolute Gasteiger partial charge is 0.455 e. The lowest BCUT2D eigenvalue weighted by atomic mass is 9.99. The van der Waals surface area contributed by atoms with Crippen molar-refractivity contribution in [3.63, 3.8) is 0 Å². The Labute approximate surface area is 263 Å². The molecule has 0 bridgehead atoms. The zero-order chi connectivity index (χ0) is 31.3. The van der Waals surface area contributed by atoms with Gasteiger partial charge in [0.15, 0.2) is 11.4 Å². The van der Waals surface area contributed by atoms with Gasteiger partial charge in [-0.1, -0.05) is 36.4 Å². The molecule has 11 rings (SSSR count). The average Bonchev–Trinajstić information content (AvgIpc) is 3.90. The van der Waals surface area contributed by atoms with Gasteiger partial charge in [0.1, 0.15) is 11.2 Å². The second-order valence-electron chi connectivity index (χ2n) is 12.1. The monoisotopic (exact) mass is 594 g/mol. The van der Waals surface area contributed by atoms with Gasteiger partial charge in [0, 0.05) is 59.5 Å². The van der Waals surface area contributed by atoms with E-state index in [-0.39, 0.29) is 0 Å². The number of fused-ring (bicyclic) bond motifs is 17. The molecule has 0 saturated heterocycles. The molecule has 0 fully saturated rings. The molecular formula is C40H14N6O. The summed E-state index contributed by atoms with van der Waals surface area (Å²) in [6.07, 6.45) is 0. The first-order valence-electron chi connectivity index (χ1n) is 14.9. The summed E-state index contributed by atoms with van der Waals surface area (Å²) in [4.78, 5) is 7.43. The van der Waals surface area contributed by atoms with E-state index in [2.05, 4.69) is 42.8 Å². The summed E-state index contributed by atoms with van der Waals surface area (Å²) in [7, 11) is 0. The van der Waals surface area contributed by atoms with Crippen molar-refractivity contribution in [2.45, 2.75) is 0 Å². The summed E-state index contributed by atoms with van der Waals surface area (Å²) in [5.41, 5.74) is 9.42. The van der Waals surface area contributed by atoms with Gasteiger partial charge < -0.3 is 13.2 Å². The van der Waals surface area contributed by atoms with Gasteiger partial charge in [0.2, 0.25) is 0 Å². The predicted octanol–water partition coefficient (Wildman–Crippen LogP) is 10.7. The summed E-state index contributed by atoms with van der Waals surface area (Å²) >= 11 is 0. The Bertz CT molecular complexity index is 3450. The minimum Gasteiger partial charge on any atom is -0.455 e. The van der Waals surface area contributed by atoms with E-state index in [1.54, 1.807) is 0 Å². The molecule has 5 aromatic heterocycles. The normalized spacial score (nSPS) is 12.2. The Hall–Kier alpha value is -7.32. The fraction of sp³-hybridized carbons (Fsp3) is 0. The molecule has 6 aromatic carbocycles. The van der Waals surface area contributed by atoms with Gasteiger partial charge >= 0.3 is 0 Å². The van der Waals surface area contributed by atoms with E-state index in [1.807, 2.05) is 72.8 Å². The van der Waals surface area contributed by atoms with Gasteiger partial charge in [-0.3, -0.25) is 0 Å². The highest BCUT2D eigenvalue weighted by molar-refractivity contribution is 6.39. The Morgan fingerprint density at radius 2 is 1.02 bits per heavy atom. The van der Waals surface area contributed by atoms with Crippen LogP contribution >= 0.6 is 0 Å². The molecule has 0 aliphatic carbocycles. The van der Waals surface area contributed by atoms with Gasteiger partial charge in [-0.25, -0.2) is 9.69 Å². The first-order chi connectivity index (χ1) is 23.1. The minimum atomic E-state index is 0.546. The Morgan fingerprint density at radius 3 is 1.68 bits per heavy atom. The number of furan rings is 1. The van der Waals surface area contributed by atoms with Crippen LogP contribution in [0.4, 0.5) is 11.4 Å². The fourth-order valence-electron chi connectivity index (χ4n) is 8.18. The third-order valence-electron chi connectivity index (χ3n) is 10.0. The van der Waals surface area contributed by atoms with Gasteiger partial charge in [-0.2, -0.15) is 10.5 Å². The van der Waals surface area contributed by atoms with Crippen LogP contribution in [0.3, 0.4) is 0 Å². The summed E-state index contributed by atoms with van der Waals surface area (Å²) in [6, 6.07) is 32.0. The number of aromatic nitrogens is 2. The lowest BCUT2D eigenvalue weighted by molar-refractivity contribution is 0.673. The Kier molecular flexibility index (Phi) is 4.01. The molecule has 47 heavy (non-hydrogen) atoms. The van der Waals surface area contributed by atoms with E-state index in [9.17, 15) is 10.5 Å². The van der Waals surface area contributed by atoms with E-state index in [0.29, 0.717) is 22.5 Å². The van der Waals surface area contributed by atoms with Crippen LogP contribution in [-0.4, -0.2) is 8.80 Å². The molecule has 0 spiro atoms. The minimum absolute atomic E-state index is 0.546. The lowest BCUT2D eigenvalue weighted by Gasteiger charge is -2.00. The van der Waals surface area contributed by atoms with Gasteiger partial charge in [0.25, 0.3) is 0 Å². The maximum atomic E-state index is 9.83. The van der Waals surface area contributed by atoms with Crippen LogP contribution in [0.1, 0.15) is 11.1 Å². The van der Waals surface area contributed by atoms with Crippen LogP contribution < -0.4 is 0 Å². The number of rotatable bonds is 0. The van der Waals surface area contributed by atoms with Crippen molar-refractivity contribution in [1.29, 1.82) is 10.5 Å². The third kappa shape index (κ3) is 2.63. The molecule has 210 valence electrons. The van der Waals surface area contributed by atoms with E-state index in [1.165, 1.54) is 0 Å². The van der Waals surface area contributed by atoms with E-state index < -0.39 is 0 Å². The standard InChI is InChI=1S/C40H14N6O/c1-43-21-5-9-24-27-15-29-35-34(47-40(29)37-26-10-6-22(44-2)14-33(26)46(39(27)37)32(24)13-21)16-28-23-7-3-19(17-41)11-30(23)45-31-12-20(18-42)4-8-25(31)36(35)38(28)45/h3-16H. The zero-order valence-electron chi connectivity index (χ0n) is 24.2. The molecule has 0 radical (unpaired) electrons. The topological polar surface area (TPSA) is 78.3 Å². The second kappa shape index (κ2) is 7.84. The van der Waals surface area contributed by atoms with Gasteiger partial charge in [-0.05, 0) is 48.5 Å². The SMILES string of the molecule is [C-]#[N+]c1ccc2c3cc4c(oc5cc6c7ccc(C#N)cc7n7c8cc(C#N)ccc8c(c54)c67)c4c5ccc([N+]#[C-])cc5n(c2c1)c34. The Morgan fingerprint density at radius 1 is 0.511 bits per heavy atom. The van der Waals surface area contributed by atoms with E-state index >= 15 is 0 Å².